The van der Waals surface area contributed by atoms with Crippen molar-refractivity contribution in [2.75, 3.05) is 39.3 Å². The van der Waals surface area contributed by atoms with E-state index in [0.717, 1.165) is 32.4 Å². The number of nitrogens with zero attached hydrogens (tertiary/aromatic N) is 2. The minimum Gasteiger partial charge on any atom is -0.317 e. The monoisotopic (exact) mass is 303 g/mol. The molecule has 1 N–H and O–H groups in total. The van der Waals surface area contributed by atoms with E-state index in [2.05, 4.69) is 18.8 Å². The summed E-state index contributed by atoms with van der Waals surface area (Å²) in [4.78, 5) is 0. The number of hydrogen-bond donors (Lipinski definition) is 1. The molecule has 20 heavy (non-hydrogen) atoms. The molecule has 1 saturated heterocycles. The van der Waals surface area contributed by atoms with Gasteiger partial charge in [-0.1, -0.05) is 19.9 Å². The maximum Gasteiger partial charge on any atom is 0.282 e. The van der Waals surface area contributed by atoms with Crippen molar-refractivity contribution in [2.45, 2.75) is 33.1 Å². The molecule has 1 atom stereocenters. The second-order valence-corrected chi connectivity index (χ2v) is 7.26. The van der Waals surface area contributed by atoms with E-state index in [1.165, 1.54) is 4.31 Å². The highest BCUT2D eigenvalue weighted by molar-refractivity contribution is 7.86. The Kier molecular flexibility index (Phi) is 7.72. The maximum absolute atomic E-state index is 12.7. The van der Waals surface area contributed by atoms with E-state index < -0.39 is 10.2 Å². The van der Waals surface area contributed by atoms with Crippen molar-refractivity contribution >= 4 is 10.2 Å². The zero-order valence-electron chi connectivity index (χ0n) is 12.8. The first-order valence-corrected chi connectivity index (χ1v) is 9.02. The molecule has 0 aromatic carbocycles. The minimum atomic E-state index is -3.34. The van der Waals surface area contributed by atoms with Gasteiger partial charge in [-0.3, -0.25) is 0 Å². The standard InChI is InChI=1S/C14H29N3O2S/c1-4-9-16(10-5-2)20(18,19)17-11-7-8-14(13-17)12-15-6-3/h4,14-15H,1,5-13H2,2-3H3. The molecule has 0 radical (unpaired) electrons. The van der Waals surface area contributed by atoms with Crippen molar-refractivity contribution in [3.8, 4) is 0 Å². The van der Waals surface area contributed by atoms with Gasteiger partial charge in [0.1, 0.15) is 0 Å². The van der Waals surface area contributed by atoms with Crippen LogP contribution in [0.25, 0.3) is 0 Å². The molecule has 1 rings (SSSR count). The Morgan fingerprint density at radius 1 is 1.45 bits per heavy atom. The molecule has 1 heterocycles. The lowest BCUT2D eigenvalue weighted by Crippen LogP contribution is -2.49. The molecule has 1 aliphatic heterocycles. The Balaban J connectivity index is 2.71. The van der Waals surface area contributed by atoms with Crippen LogP contribution in [0.15, 0.2) is 12.7 Å². The lowest BCUT2D eigenvalue weighted by molar-refractivity contribution is 0.245. The van der Waals surface area contributed by atoms with Crippen LogP contribution < -0.4 is 5.32 Å². The Labute approximate surface area is 124 Å². The highest BCUT2D eigenvalue weighted by Crippen LogP contribution is 2.21. The van der Waals surface area contributed by atoms with Gasteiger partial charge in [-0.05, 0) is 38.3 Å². The molecule has 6 heteroatoms. The number of piperidine rings is 1. The van der Waals surface area contributed by atoms with Gasteiger partial charge in [0.2, 0.25) is 0 Å². The molecule has 0 aromatic heterocycles. The minimum absolute atomic E-state index is 0.393. The van der Waals surface area contributed by atoms with Crippen LogP contribution in [0.1, 0.15) is 33.1 Å². The van der Waals surface area contributed by atoms with Crippen LogP contribution in [0.2, 0.25) is 0 Å². The molecule has 118 valence electrons. The molecule has 0 saturated carbocycles. The van der Waals surface area contributed by atoms with E-state index in [1.807, 2.05) is 6.92 Å². The van der Waals surface area contributed by atoms with Gasteiger partial charge in [0.15, 0.2) is 0 Å². The summed E-state index contributed by atoms with van der Waals surface area (Å²) in [5.74, 6) is 0.422. The van der Waals surface area contributed by atoms with Gasteiger partial charge in [-0.25, -0.2) is 0 Å². The summed E-state index contributed by atoms with van der Waals surface area (Å²) in [5.41, 5.74) is 0. The molecule has 1 aliphatic rings. The lowest BCUT2D eigenvalue weighted by Gasteiger charge is -2.35. The van der Waals surface area contributed by atoms with Gasteiger partial charge in [-0.15, -0.1) is 6.58 Å². The Morgan fingerprint density at radius 3 is 2.80 bits per heavy atom. The summed E-state index contributed by atoms with van der Waals surface area (Å²) in [6, 6.07) is 0. The SMILES string of the molecule is C=CCN(CCC)S(=O)(=O)N1CCCC(CNCC)C1. The van der Waals surface area contributed by atoms with Gasteiger partial charge in [0.25, 0.3) is 10.2 Å². The maximum atomic E-state index is 12.7. The number of rotatable bonds is 9. The summed E-state index contributed by atoms with van der Waals surface area (Å²) in [5, 5.41) is 3.32. The predicted molar refractivity (Wildman–Crippen MR) is 83.8 cm³/mol. The van der Waals surface area contributed by atoms with Crippen LogP contribution in [0, 0.1) is 5.92 Å². The molecule has 1 fully saturated rings. The van der Waals surface area contributed by atoms with Crippen molar-refractivity contribution in [1.29, 1.82) is 0 Å². The van der Waals surface area contributed by atoms with Crippen LogP contribution in [-0.2, 0) is 10.2 Å². The third-order valence-corrected chi connectivity index (χ3v) is 5.59. The van der Waals surface area contributed by atoms with Gasteiger partial charge in [0.05, 0.1) is 0 Å². The summed E-state index contributed by atoms with van der Waals surface area (Å²) in [6.45, 7) is 11.8. The predicted octanol–water partition coefficient (Wildman–Crippen LogP) is 1.45. The molecular weight excluding hydrogens is 274 g/mol. The molecule has 1 unspecified atom stereocenters. The van der Waals surface area contributed by atoms with Crippen LogP contribution in [-0.4, -0.2) is 56.3 Å². The first-order chi connectivity index (χ1) is 9.56. The number of nitrogens with one attached hydrogen (secondary N) is 1. The average molecular weight is 303 g/mol. The van der Waals surface area contributed by atoms with Crippen LogP contribution in [0.4, 0.5) is 0 Å². The van der Waals surface area contributed by atoms with Crippen LogP contribution in [0.3, 0.4) is 0 Å². The van der Waals surface area contributed by atoms with Crippen LogP contribution in [0.5, 0.6) is 0 Å². The first-order valence-electron chi connectivity index (χ1n) is 7.63. The second kappa shape index (κ2) is 8.77. The smallest absolute Gasteiger partial charge is 0.282 e. The molecule has 0 amide bonds. The van der Waals surface area contributed by atoms with Gasteiger partial charge >= 0.3 is 0 Å². The Hall–Kier alpha value is -0.430. The molecule has 5 nitrogen and oxygen atoms in total. The highest BCUT2D eigenvalue weighted by atomic mass is 32.2. The summed E-state index contributed by atoms with van der Waals surface area (Å²) >= 11 is 0. The summed E-state index contributed by atoms with van der Waals surface area (Å²) < 4.78 is 28.5. The molecule has 0 aliphatic carbocycles. The van der Waals surface area contributed by atoms with Crippen molar-refractivity contribution < 1.29 is 8.42 Å². The van der Waals surface area contributed by atoms with Gasteiger partial charge in [-0.2, -0.15) is 17.0 Å². The average Bonchev–Trinajstić information content (AvgIpc) is 2.45. The van der Waals surface area contributed by atoms with E-state index in [0.29, 0.717) is 32.1 Å². The quantitative estimate of drug-likeness (QED) is 0.656. The summed E-state index contributed by atoms with van der Waals surface area (Å²) in [6.07, 6.45) is 4.53. The van der Waals surface area contributed by atoms with E-state index in [9.17, 15) is 8.42 Å². The highest BCUT2D eigenvalue weighted by Gasteiger charge is 2.32. The fourth-order valence-corrected chi connectivity index (χ4v) is 4.40. The molecular formula is C14H29N3O2S. The van der Waals surface area contributed by atoms with Crippen molar-refractivity contribution in [1.82, 2.24) is 13.9 Å². The largest absolute Gasteiger partial charge is 0.317 e. The molecule has 0 spiro atoms. The zero-order valence-corrected chi connectivity index (χ0v) is 13.7. The molecule has 0 aromatic rings. The van der Waals surface area contributed by atoms with Crippen molar-refractivity contribution in [3.05, 3.63) is 12.7 Å². The molecule has 0 bridgehead atoms. The van der Waals surface area contributed by atoms with E-state index in [-0.39, 0.29) is 0 Å². The second-order valence-electron chi connectivity index (χ2n) is 5.33. The number of hydrogen-bond acceptors (Lipinski definition) is 3. The third kappa shape index (κ3) is 4.84. The van der Waals surface area contributed by atoms with E-state index in [1.54, 1.807) is 10.4 Å². The van der Waals surface area contributed by atoms with Crippen molar-refractivity contribution in [2.24, 2.45) is 5.92 Å². The Morgan fingerprint density at radius 2 is 2.20 bits per heavy atom. The topological polar surface area (TPSA) is 52.7 Å². The Bertz CT molecular complexity index is 384. The van der Waals surface area contributed by atoms with Gasteiger partial charge in [0, 0.05) is 26.2 Å². The normalized spacial score (nSPS) is 21.2. The van der Waals surface area contributed by atoms with E-state index >= 15 is 0 Å². The van der Waals surface area contributed by atoms with Crippen molar-refractivity contribution in [3.63, 3.8) is 0 Å². The van der Waals surface area contributed by atoms with E-state index in [4.69, 9.17) is 0 Å². The fraction of sp³-hybridized carbons (Fsp3) is 0.857. The zero-order chi connectivity index (χ0) is 15.0. The van der Waals surface area contributed by atoms with Gasteiger partial charge < -0.3 is 5.32 Å². The third-order valence-electron chi connectivity index (χ3n) is 3.62. The first kappa shape index (κ1) is 17.6. The summed E-state index contributed by atoms with van der Waals surface area (Å²) in [7, 11) is -3.34. The lowest BCUT2D eigenvalue weighted by atomic mass is 10.00. The fourth-order valence-electron chi connectivity index (χ4n) is 2.61. The van der Waals surface area contributed by atoms with Crippen LogP contribution >= 0.6 is 0 Å².